The fourth-order valence-corrected chi connectivity index (χ4v) is 2.60. The lowest BCUT2D eigenvalue weighted by Crippen LogP contribution is -2.21. The zero-order valence-corrected chi connectivity index (χ0v) is 12.5. The van der Waals surface area contributed by atoms with E-state index in [0.717, 1.165) is 18.7 Å². The van der Waals surface area contributed by atoms with Crippen LogP contribution in [0.1, 0.15) is 15.2 Å². The van der Waals surface area contributed by atoms with Gasteiger partial charge in [-0.3, -0.25) is 4.79 Å². The summed E-state index contributed by atoms with van der Waals surface area (Å²) in [5.74, 6) is -0.0400. The van der Waals surface area contributed by atoms with E-state index in [1.165, 1.54) is 4.88 Å². The molecule has 1 heterocycles. The van der Waals surface area contributed by atoms with E-state index in [-0.39, 0.29) is 5.91 Å². The zero-order valence-electron chi connectivity index (χ0n) is 11.7. The minimum atomic E-state index is -0.0400. The summed E-state index contributed by atoms with van der Waals surface area (Å²) in [4.78, 5) is 14.7. The molecule has 2 aromatic rings. The lowest BCUT2D eigenvalue weighted by atomic mass is 10.1. The Hall–Kier alpha value is -2.01. The number of nitrogens with two attached hydrogens (primary N) is 1. The van der Waals surface area contributed by atoms with Crippen molar-refractivity contribution in [2.24, 2.45) is 0 Å². The number of nitrogen functional groups attached to an aromatic ring is 1. The van der Waals surface area contributed by atoms with Crippen LogP contribution in [-0.2, 0) is 6.42 Å². The van der Waals surface area contributed by atoms with Crippen LogP contribution in [0.4, 0.5) is 11.4 Å². The lowest BCUT2D eigenvalue weighted by molar-refractivity contribution is 0.0827. The maximum absolute atomic E-state index is 11.8. The zero-order chi connectivity index (χ0) is 14.5. The predicted molar refractivity (Wildman–Crippen MR) is 85.4 cm³/mol. The Morgan fingerprint density at radius 1 is 1.35 bits per heavy atom. The first-order chi connectivity index (χ1) is 9.58. The minimum Gasteiger partial charge on any atom is -0.397 e. The summed E-state index contributed by atoms with van der Waals surface area (Å²) in [5.41, 5.74) is 8.07. The molecule has 0 saturated heterocycles. The van der Waals surface area contributed by atoms with E-state index >= 15 is 0 Å². The second-order valence-electron chi connectivity index (χ2n) is 4.76. The number of amides is 1. The number of anilines is 2. The average Bonchev–Trinajstić information content (AvgIpc) is 2.92. The highest BCUT2D eigenvalue weighted by Gasteiger charge is 2.09. The Kier molecular flexibility index (Phi) is 4.63. The molecule has 20 heavy (non-hydrogen) atoms. The number of hydrogen-bond acceptors (Lipinski definition) is 4. The highest BCUT2D eigenvalue weighted by Crippen LogP contribution is 2.21. The molecule has 0 saturated carbocycles. The molecule has 1 aromatic heterocycles. The van der Waals surface area contributed by atoms with E-state index in [9.17, 15) is 4.79 Å². The number of hydrogen-bond donors (Lipinski definition) is 2. The van der Waals surface area contributed by atoms with E-state index in [1.54, 1.807) is 42.5 Å². The lowest BCUT2D eigenvalue weighted by Gasteiger charge is -2.13. The van der Waals surface area contributed by atoms with Gasteiger partial charge >= 0.3 is 0 Å². The van der Waals surface area contributed by atoms with Crippen LogP contribution < -0.4 is 11.1 Å². The SMILES string of the molecule is CN(C)C(=O)c1ccc(NCCc2cccs2)c(N)c1. The van der Waals surface area contributed by atoms with Crippen molar-refractivity contribution in [2.75, 3.05) is 31.7 Å². The van der Waals surface area contributed by atoms with Gasteiger partial charge in [-0.1, -0.05) is 6.07 Å². The van der Waals surface area contributed by atoms with Gasteiger partial charge in [0, 0.05) is 31.1 Å². The summed E-state index contributed by atoms with van der Waals surface area (Å²) in [7, 11) is 3.46. The Morgan fingerprint density at radius 2 is 2.15 bits per heavy atom. The molecule has 1 amide bonds. The van der Waals surface area contributed by atoms with Crippen LogP contribution >= 0.6 is 11.3 Å². The van der Waals surface area contributed by atoms with Crippen LogP contribution in [-0.4, -0.2) is 31.4 Å². The number of nitrogens with one attached hydrogen (secondary N) is 1. The van der Waals surface area contributed by atoms with Crippen LogP contribution in [0.15, 0.2) is 35.7 Å². The molecule has 0 aliphatic heterocycles. The molecule has 3 N–H and O–H groups in total. The molecule has 0 spiro atoms. The van der Waals surface area contributed by atoms with Crippen LogP contribution in [0.25, 0.3) is 0 Å². The van der Waals surface area contributed by atoms with Gasteiger partial charge in [-0.25, -0.2) is 0 Å². The van der Waals surface area contributed by atoms with Crippen molar-refractivity contribution in [3.63, 3.8) is 0 Å². The van der Waals surface area contributed by atoms with Gasteiger partial charge in [0.25, 0.3) is 5.91 Å². The van der Waals surface area contributed by atoms with Gasteiger partial charge in [-0.15, -0.1) is 11.3 Å². The molecule has 0 fully saturated rings. The summed E-state index contributed by atoms with van der Waals surface area (Å²) in [6.07, 6.45) is 0.968. The number of rotatable bonds is 5. The Morgan fingerprint density at radius 3 is 2.75 bits per heavy atom. The first kappa shape index (κ1) is 14.4. The van der Waals surface area contributed by atoms with Crippen LogP contribution in [0.5, 0.6) is 0 Å². The van der Waals surface area contributed by atoms with Gasteiger partial charge in [0.05, 0.1) is 11.4 Å². The monoisotopic (exact) mass is 289 g/mol. The van der Waals surface area contributed by atoms with Crippen molar-refractivity contribution >= 4 is 28.6 Å². The number of nitrogens with zero attached hydrogens (tertiary/aromatic N) is 1. The van der Waals surface area contributed by atoms with Crippen LogP contribution in [0.2, 0.25) is 0 Å². The standard InChI is InChI=1S/C15H19N3OS/c1-18(2)15(19)11-5-6-14(13(16)10-11)17-8-7-12-4-3-9-20-12/h3-6,9-10,17H,7-8,16H2,1-2H3. The molecule has 0 radical (unpaired) electrons. The molecule has 5 heteroatoms. The Bertz CT molecular complexity index is 579. The minimum absolute atomic E-state index is 0.0400. The molecular weight excluding hydrogens is 270 g/mol. The number of thiophene rings is 1. The predicted octanol–water partition coefficient (Wildman–Crippen LogP) is 2.69. The van der Waals surface area contributed by atoms with Crippen LogP contribution in [0, 0.1) is 0 Å². The first-order valence-corrected chi connectivity index (χ1v) is 7.33. The van der Waals surface area contributed by atoms with Gasteiger partial charge in [0.1, 0.15) is 0 Å². The second-order valence-corrected chi connectivity index (χ2v) is 5.79. The molecule has 1 aromatic carbocycles. The van der Waals surface area contributed by atoms with Crippen LogP contribution in [0.3, 0.4) is 0 Å². The fraction of sp³-hybridized carbons (Fsp3) is 0.267. The third-order valence-electron chi connectivity index (χ3n) is 2.97. The molecule has 4 nitrogen and oxygen atoms in total. The summed E-state index contributed by atoms with van der Waals surface area (Å²) in [6, 6.07) is 9.55. The highest BCUT2D eigenvalue weighted by atomic mass is 32.1. The molecule has 106 valence electrons. The quantitative estimate of drug-likeness (QED) is 0.832. The molecule has 0 aliphatic carbocycles. The maximum atomic E-state index is 11.8. The highest BCUT2D eigenvalue weighted by molar-refractivity contribution is 7.09. The van der Waals surface area contributed by atoms with Gasteiger partial charge in [0.15, 0.2) is 0 Å². The average molecular weight is 289 g/mol. The summed E-state index contributed by atoms with van der Waals surface area (Å²) >= 11 is 1.75. The summed E-state index contributed by atoms with van der Waals surface area (Å²) < 4.78 is 0. The van der Waals surface area contributed by atoms with Gasteiger partial charge in [0.2, 0.25) is 0 Å². The number of benzene rings is 1. The van der Waals surface area contributed by atoms with Crippen molar-refractivity contribution in [1.82, 2.24) is 4.90 Å². The largest absolute Gasteiger partial charge is 0.397 e. The molecule has 0 bridgehead atoms. The van der Waals surface area contributed by atoms with Gasteiger partial charge in [-0.2, -0.15) is 0 Å². The van der Waals surface area contributed by atoms with Gasteiger partial charge < -0.3 is 16.0 Å². The molecule has 0 aliphatic rings. The topological polar surface area (TPSA) is 58.4 Å². The van der Waals surface area contributed by atoms with E-state index in [0.29, 0.717) is 11.3 Å². The normalized spacial score (nSPS) is 10.3. The van der Waals surface area contributed by atoms with E-state index in [2.05, 4.69) is 22.8 Å². The van der Waals surface area contributed by atoms with Crippen molar-refractivity contribution in [3.05, 3.63) is 46.2 Å². The third kappa shape index (κ3) is 3.51. The number of carbonyl (C=O) groups is 1. The van der Waals surface area contributed by atoms with Crippen molar-refractivity contribution < 1.29 is 4.79 Å². The fourth-order valence-electron chi connectivity index (χ4n) is 1.89. The second kappa shape index (κ2) is 6.43. The van der Waals surface area contributed by atoms with E-state index in [1.807, 2.05) is 6.07 Å². The van der Waals surface area contributed by atoms with Gasteiger partial charge in [-0.05, 0) is 36.1 Å². The molecule has 0 atom stereocenters. The first-order valence-electron chi connectivity index (χ1n) is 6.45. The Labute approximate surface area is 123 Å². The molecule has 0 unspecified atom stereocenters. The molecular formula is C15H19N3OS. The number of carbonyl (C=O) groups excluding carboxylic acids is 1. The molecule has 2 rings (SSSR count). The van der Waals surface area contributed by atoms with E-state index in [4.69, 9.17) is 5.73 Å². The van der Waals surface area contributed by atoms with Crippen molar-refractivity contribution in [2.45, 2.75) is 6.42 Å². The summed E-state index contributed by atoms with van der Waals surface area (Å²) in [6.45, 7) is 0.825. The van der Waals surface area contributed by atoms with Crippen molar-refractivity contribution in [1.29, 1.82) is 0 Å². The maximum Gasteiger partial charge on any atom is 0.253 e. The van der Waals surface area contributed by atoms with E-state index < -0.39 is 0 Å². The Balaban J connectivity index is 1.97. The third-order valence-corrected chi connectivity index (χ3v) is 3.91. The smallest absolute Gasteiger partial charge is 0.253 e. The van der Waals surface area contributed by atoms with Crippen molar-refractivity contribution in [3.8, 4) is 0 Å². The summed E-state index contributed by atoms with van der Waals surface area (Å²) in [5, 5.41) is 5.38.